The number of rotatable bonds is 7. The maximum Gasteiger partial charge on any atom is 0.216 e. The summed E-state index contributed by atoms with van der Waals surface area (Å²) in [6, 6.07) is 0. The van der Waals surface area contributed by atoms with E-state index >= 15 is 0 Å². The molecule has 86 valence electrons. The Morgan fingerprint density at radius 3 is 2.60 bits per heavy atom. The van der Waals surface area contributed by atoms with E-state index in [4.69, 9.17) is 0 Å². The van der Waals surface area contributed by atoms with Gasteiger partial charge < -0.3 is 5.32 Å². The summed E-state index contributed by atoms with van der Waals surface area (Å²) in [6.45, 7) is 6.56. The van der Waals surface area contributed by atoms with Gasteiger partial charge >= 0.3 is 0 Å². The Kier molecular flexibility index (Phi) is 8.84. The average molecular weight is 209 g/mol. The fourth-order valence-corrected chi connectivity index (χ4v) is 1.31. The number of nitrogens with one attached hydrogen (secondary N) is 1. The smallest absolute Gasteiger partial charge is 0.216 e. The van der Waals surface area contributed by atoms with Gasteiger partial charge in [-0.25, -0.2) is 0 Å². The molecule has 0 aromatic heterocycles. The first-order chi connectivity index (χ1) is 7.20. The fourth-order valence-electron chi connectivity index (χ4n) is 1.31. The molecule has 0 aliphatic rings. The second-order valence-corrected chi connectivity index (χ2v) is 3.61. The summed E-state index contributed by atoms with van der Waals surface area (Å²) in [6.07, 6.45) is 10.9. The van der Waals surface area contributed by atoms with E-state index in [2.05, 4.69) is 37.4 Å². The van der Waals surface area contributed by atoms with Crippen molar-refractivity contribution >= 4 is 5.91 Å². The second-order valence-electron chi connectivity index (χ2n) is 3.61. The predicted octanol–water partition coefficient (Wildman–Crippen LogP) is 3.21. The molecule has 0 spiro atoms. The van der Waals surface area contributed by atoms with Crippen molar-refractivity contribution in [3.63, 3.8) is 0 Å². The van der Waals surface area contributed by atoms with Crippen molar-refractivity contribution in [2.75, 3.05) is 6.54 Å². The van der Waals surface area contributed by atoms with Crippen LogP contribution in [0.2, 0.25) is 0 Å². The highest BCUT2D eigenvalue weighted by Gasteiger charge is 1.93. The Morgan fingerprint density at radius 2 is 2.07 bits per heavy atom. The maximum atomic E-state index is 10.6. The molecule has 2 nitrogen and oxygen atoms in total. The van der Waals surface area contributed by atoms with Crippen LogP contribution in [0, 0.1) is 0 Å². The number of carbonyl (C=O) groups excluding carboxylic acids is 1. The molecule has 0 aliphatic carbocycles. The minimum Gasteiger partial charge on any atom is -0.356 e. The molecule has 0 aromatic rings. The lowest BCUT2D eigenvalue weighted by Crippen LogP contribution is -2.20. The molecular weight excluding hydrogens is 186 g/mol. The first-order valence-corrected chi connectivity index (χ1v) is 5.76. The normalized spacial score (nSPS) is 12.1. The third kappa shape index (κ3) is 9.26. The van der Waals surface area contributed by atoms with Crippen LogP contribution in [0.5, 0.6) is 0 Å². The lowest BCUT2D eigenvalue weighted by molar-refractivity contribution is -0.118. The van der Waals surface area contributed by atoms with Gasteiger partial charge in [0.25, 0.3) is 0 Å². The lowest BCUT2D eigenvalue weighted by Gasteiger charge is -2.03. The van der Waals surface area contributed by atoms with Gasteiger partial charge in [-0.2, -0.15) is 0 Å². The van der Waals surface area contributed by atoms with E-state index in [0.717, 1.165) is 32.2 Å². The van der Waals surface area contributed by atoms with Crippen molar-refractivity contribution < 1.29 is 4.79 Å². The largest absolute Gasteiger partial charge is 0.356 e. The lowest BCUT2D eigenvalue weighted by atomic mass is 10.1. The van der Waals surface area contributed by atoms with Crippen molar-refractivity contribution in [3.05, 3.63) is 23.8 Å². The van der Waals surface area contributed by atoms with Gasteiger partial charge in [-0.15, -0.1) is 0 Å². The van der Waals surface area contributed by atoms with Gasteiger partial charge in [-0.1, -0.05) is 30.7 Å². The highest BCUT2D eigenvalue weighted by Crippen LogP contribution is 2.08. The SMILES string of the molecule is C/C=C(\C=C/CC)CCCCNC(C)=O. The number of unbranched alkanes of at least 4 members (excludes halogenated alkanes) is 1. The zero-order chi connectivity index (χ0) is 11.5. The summed E-state index contributed by atoms with van der Waals surface area (Å²) in [7, 11) is 0. The Hall–Kier alpha value is -1.05. The summed E-state index contributed by atoms with van der Waals surface area (Å²) >= 11 is 0. The summed E-state index contributed by atoms with van der Waals surface area (Å²) in [5.41, 5.74) is 1.39. The van der Waals surface area contributed by atoms with Crippen LogP contribution in [0.15, 0.2) is 23.8 Å². The zero-order valence-electron chi connectivity index (χ0n) is 10.2. The van der Waals surface area contributed by atoms with Crippen molar-refractivity contribution in [3.8, 4) is 0 Å². The molecule has 1 N–H and O–H groups in total. The van der Waals surface area contributed by atoms with Crippen LogP contribution in [0.1, 0.15) is 46.5 Å². The minimum atomic E-state index is 0.0622. The van der Waals surface area contributed by atoms with Crippen LogP contribution in [0.4, 0.5) is 0 Å². The standard InChI is InChI=1S/C13H23NO/c1-4-6-9-13(5-2)10-7-8-11-14-12(3)15/h5-6,9H,4,7-8,10-11H2,1-3H3,(H,14,15)/b9-6-,13-5+. The molecule has 0 unspecified atom stereocenters. The van der Waals surface area contributed by atoms with E-state index in [1.54, 1.807) is 6.92 Å². The van der Waals surface area contributed by atoms with Crippen molar-refractivity contribution in [2.24, 2.45) is 0 Å². The third-order valence-electron chi connectivity index (χ3n) is 2.20. The first-order valence-electron chi connectivity index (χ1n) is 5.76. The van der Waals surface area contributed by atoms with Crippen LogP contribution in [-0.4, -0.2) is 12.5 Å². The molecule has 1 amide bonds. The van der Waals surface area contributed by atoms with E-state index in [1.807, 2.05) is 0 Å². The fraction of sp³-hybridized carbons (Fsp3) is 0.615. The summed E-state index contributed by atoms with van der Waals surface area (Å²) in [5.74, 6) is 0.0622. The van der Waals surface area contributed by atoms with Gasteiger partial charge in [0.2, 0.25) is 5.91 Å². The van der Waals surface area contributed by atoms with Crippen LogP contribution >= 0.6 is 0 Å². The Morgan fingerprint density at radius 1 is 1.33 bits per heavy atom. The predicted molar refractivity (Wildman–Crippen MR) is 65.7 cm³/mol. The van der Waals surface area contributed by atoms with Crippen molar-refractivity contribution in [1.82, 2.24) is 5.32 Å². The van der Waals surface area contributed by atoms with Gasteiger partial charge in [-0.05, 0) is 32.6 Å². The zero-order valence-corrected chi connectivity index (χ0v) is 10.2. The minimum absolute atomic E-state index is 0.0622. The summed E-state index contributed by atoms with van der Waals surface area (Å²) in [4.78, 5) is 10.6. The molecule has 0 aliphatic heterocycles. The Labute approximate surface area is 93.5 Å². The molecule has 0 atom stereocenters. The summed E-state index contributed by atoms with van der Waals surface area (Å²) < 4.78 is 0. The quantitative estimate of drug-likeness (QED) is 0.506. The van der Waals surface area contributed by atoms with E-state index in [1.165, 1.54) is 5.57 Å². The summed E-state index contributed by atoms with van der Waals surface area (Å²) in [5, 5.41) is 2.80. The number of amides is 1. The first kappa shape index (κ1) is 13.9. The molecule has 15 heavy (non-hydrogen) atoms. The molecule has 0 saturated carbocycles. The molecular formula is C13H23NO. The Balaban J connectivity index is 3.56. The molecule has 0 rings (SSSR count). The molecule has 0 bridgehead atoms. The topological polar surface area (TPSA) is 29.1 Å². The van der Waals surface area contributed by atoms with Crippen LogP contribution in [0.3, 0.4) is 0 Å². The maximum absolute atomic E-state index is 10.6. The van der Waals surface area contributed by atoms with E-state index in [0.29, 0.717) is 0 Å². The molecule has 0 fully saturated rings. The second kappa shape index (κ2) is 9.50. The van der Waals surface area contributed by atoms with Crippen molar-refractivity contribution in [1.29, 1.82) is 0 Å². The van der Waals surface area contributed by atoms with Gasteiger partial charge in [-0.3, -0.25) is 4.79 Å². The van der Waals surface area contributed by atoms with Gasteiger partial charge in [0.05, 0.1) is 0 Å². The van der Waals surface area contributed by atoms with Crippen LogP contribution in [-0.2, 0) is 4.79 Å². The van der Waals surface area contributed by atoms with E-state index in [-0.39, 0.29) is 5.91 Å². The highest BCUT2D eigenvalue weighted by atomic mass is 16.1. The van der Waals surface area contributed by atoms with Crippen LogP contribution in [0.25, 0.3) is 0 Å². The van der Waals surface area contributed by atoms with Gasteiger partial charge in [0.15, 0.2) is 0 Å². The molecule has 0 radical (unpaired) electrons. The number of hydrogen-bond donors (Lipinski definition) is 1. The highest BCUT2D eigenvalue weighted by molar-refractivity contribution is 5.72. The molecule has 2 heteroatoms. The van der Waals surface area contributed by atoms with Gasteiger partial charge in [0.1, 0.15) is 0 Å². The molecule has 0 aromatic carbocycles. The van der Waals surface area contributed by atoms with Crippen molar-refractivity contribution in [2.45, 2.75) is 46.5 Å². The van der Waals surface area contributed by atoms with Gasteiger partial charge in [0, 0.05) is 13.5 Å². The van der Waals surface area contributed by atoms with E-state index in [9.17, 15) is 4.79 Å². The van der Waals surface area contributed by atoms with E-state index < -0.39 is 0 Å². The number of carbonyl (C=O) groups is 1. The number of hydrogen-bond acceptors (Lipinski definition) is 1. The molecule has 0 saturated heterocycles. The molecule has 0 heterocycles. The average Bonchev–Trinajstić information content (AvgIpc) is 2.21. The third-order valence-corrected chi connectivity index (χ3v) is 2.20. The monoisotopic (exact) mass is 209 g/mol. The number of allylic oxidation sites excluding steroid dienone is 4. The van der Waals surface area contributed by atoms with Crippen LogP contribution < -0.4 is 5.32 Å². The Bertz CT molecular complexity index is 229.